The van der Waals surface area contributed by atoms with Crippen LogP contribution in [0.25, 0.3) is 11.0 Å². The zero-order chi connectivity index (χ0) is 24.2. The topological polar surface area (TPSA) is 50.2 Å². The Balaban J connectivity index is 1.26. The van der Waals surface area contributed by atoms with Crippen molar-refractivity contribution in [3.8, 4) is 0 Å². The first-order valence-electron chi connectivity index (χ1n) is 12.4. The van der Waals surface area contributed by atoms with Crippen molar-refractivity contribution in [2.45, 2.75) is 39.3 Å². The molecule has 0 spiro atoms. The Morgan fingerprint density at radius 3 is 2.46 bits per heavy atom. The smallest absolute Gasteiger partial charge is 0.223 e. The number of benzene rings is 3. The van der Waals surface area contributed by atoms with E-state index in [9.17, 15) is 9.18 Å². The number of rotatable bonds is 7. The minimum Gasteiger partial charge on any atom is -0.352 e. The maximum Gasteiger partial charge on any atom is 0.223 e. The van der Waals surface area contributed by atoms with Gasteiger partial charge < -0.3 is 14.8 Å². The van der Waals surface area contributed by atoms with Gasteiger partial charge in [0.25, 0.3) is 0 Å². The Kier molecular flexibility index (Phi) is 6.80. The fraction of sp³-hybridized carbons (Fsp3) is 0.310. The SMILES string of the molecule is CCc1ccc(CNC(=O)C2CCN(c3nc4ccccc4n3Cc3cccc(F)c3)CC2)cc1. The summed E-state index contributed by atoms with van der Waals surface area (Å²) in [6.07, 6.45) is 2.58. The van der Waals surface area contributed by atoms with Crippen LogP contribution in [0.5, 0.6) is 0 Å². The van der Waals surface area contributed by atoms with Crippen LogP contribution in [0, 0.1) is 11.7 Å². The van der Waals surface area contributed by atoms with E-state index in [0.717, 1.165) is 60.5 Å². The number of carbonyl (C=O) groups is 1. The van der Waals surface area contributed by atoms with Crippen LogP contribution < -0.4 is 10.2 Å². The van der Waals surface area contributed by atoms with Gasteiger partial charge in [0.2, 0.25) is 11.9 Å². The lowest BCUT2D eigenvalue weighted by atomic mass is 9.96. The number of nitrogens with zero attached hydrogens (tertiary/aromatic N) is 3. The van der Waals surface area contributed by atoms with E-state index in [2.05, 4.69) is 52.0 Å². The highest BCUT2D eigenvalue weighted by atomic mass is 19.1. The molecule has 35 heavy (non-hydrogen) atoms. The number of hydrogen-bond donors (Lipinski definition) is 1. The molecule has 0 unspecified atom stereocenters. The van der Waals surface area contributed by atoms with Crippen LogP contribution in [0.15, 0.2) is 72.8 Å². The number of imidazole rings is 1. The Labute approximate surface area is 205 Å². The second-order valence-electron chi connectivity index (χ2n) is 9.27. The molecule has 1 N–H and O–H groups in total. The number of carbonyl (C=O) groups excluding carboxylic acids is 1. The highest BCUT2D eigenvalue weighted by Crippen LogP contribution is 2.28. The first kappa shape index (κ1) is 23.1. The van der Waals surface area contributed by atoms with Crippen molar-refractivity contribution in [2.24, 2.45) is 5.92 Å². The van der Waals surface area contributed by atoms with Crippen molar-refractivity contribution in [1.29, 1.82) is 0 Å². The molecule has 0 bridgehead atoms. The number of amides is 1. The number of aryl methyl sites for hydroxylation is 1. The van der Waals surface area contributed by atoms with Crippen LogP contribution in [0.4, 0.5) is 10.3 Å². The number of aromatic nitrogens is 2. The lowest BCUT2D eigenvalue weighted by Crippen LogP contribution is -2.41. The van der Waals surface area contributed by atoms with Gasteiger partial charge in [-0.25, -0.2) is 9.37 Å². The van der Waals surface area contributed by atoms with Crippen LogP contribution in [-0.4, -0.2) is 28.5 Å². The van der Waals surface area contributed by atoms with E-state index >= 15 is 0 Å². The quantitative estimate of drug-likeness (QED) is 0.398. The molecular formula is C29H31FN4O. The summed E-state index contributed by atoms with van der Waals surface area (Å²) in [6.45, 7) is 4.77. The van der Waals surface area contributed by atoms with Crippen LogP contribution >= 0.6 is 0 Å². The first-order chi connectivity index (χ1) is 17.1. The van der Waals surface area contributed by atoms with Crippen molar-refractivity contribution < 1.29 is 9.18 Å². The normalized spacial score (nSPS) is 14.4. The summed E-state index contributed by atoms with van der Waals surface area (Å²) < 4.78 is 16.0. The molecule has 0 radical (unpaired) electrons. The maximum absolute atomic E-state index is 13.8. The van der Waals surface area contributed by atoms with Crippen LogP contribution in [0.1, 0.15) is 36.5 Å². The van der Waals surface area contributed by atoms with Gasteiger partial charge in [-0.15, -0.1) is 0 Å². The van der Waals surface area contributed by atoms with Gasteiger partial charge in [-0.3, -0.25) is 4.79 Å². The highest BCUT2D eigenvalue weighted by molar-refractivity contribution is 5.80. The molecule has 4 aromatic rings. The van der Waals surface area contributed by atoms with Gasteiger partial charge in [-0.05, 0) is 60.2 Å². The molecule has 1 aliphatic rings. The molecule has 6 heteroatoms. The number of hydrogen-bond acceptors (Lipinski definition) is 3. The van der Waals surface area contributed by atoms with E-state index in [1.54, 1.807) is 12.1 Å². The summed E-state index contributed by atoms with van der Waals surface area (Å²) in [5, 5.41) is 3.12. The summed E-state index contributed by atoms with van der Waals surface area (Å²) in [6, 6.07) is 23.2. The molecule has 5 nitrogen and oxygen atoms in total. The fourth-order valence-corrected chi connectivity index (χ4v) is 4.85. The highest BCUT2D eigenvalue weighted by Gasteiger charge is 2.27. The zero-order valence-corrected chi connectivity index (χ0v) is 20.1. The average Bonchev–Trinajstić information content (AvgIpc) is 3.26. The number of fused-ring (bicyclic) bond motifs is 1. The van der Waals surface area contributed by atoms with Gasteiger partial charge in [0.05, 0.1) is 17.6 Å². The summed E-state index contributed by atoms with van der Waals surface area (Å²) in [5.74, 6) is 0.770. The molecule has 0 saturated carbocycles. The molecule has 0 atom stereocenters. The molecule has 1 aliphatic heterocycles. The summed E-state index contributed by atoms with van der Waals surface area (Å²) in [7, 11) is 0. The third-order valence-corrected chi connectivity index (χ3v) is 6.91. The van der Waals surface area contributed by atoms with E-state index in [-0.39, 0.29) is 17.6 Å². The largest absolute Gasteiger partial charge is 0.352 e. The first-order valence-corrected chi connectivity index (χ1v) is 12.4. The minimum atomic E-state index is -0.235. The standard InChI is InChI=1S/C29H31FN4O/c1-2-21-10-12-22(13-11-21)19-31-28(35)24-14-16-33(17-15-24)29-32-26-8-3-4-9-27(26)34(29)20-23-6-5-7-25(30)18-23/h3-13,18,24H,2,14-17,19-20H2,1H3,(H,31,35). The zero-order valence-electron chi connectivity index (χ0n) is 20.1. The van der Waals surface area contributed by atoms with E-state index in [4.69, 9.17) is 4.98 Å². The van der Waals surface area contributed by atoms with Crippen molar-refractivity contribution in [3.63, 3.8) is 0 Å². The van der Waals surface area contributed by atoms with Gasteiger partial charge in [0.1, 0.15) is 5.82 Å². The van der Waals surface area contributed by atoms with Crippen LogP contribution in [0.3, 0.4) is 0 Å². The summed E-state index contributed by atoms with van der Waals surface area (Å²) in [5.41, 5.74) is 5.28. The van der Waals surface area contributed by atoms with Crippen molar-refractivity contribution in [1.82, 2.24) is 14.9 Å². The molecule has 1 fully saturated rings. The lowest BCUT2D eigenvalue weighted by Gasteiger charge is -2.32. The van der Waals surface area contributed by atoms with Gasteiger partial charge in [0.15, 0.2) is 0 Å². The van der Waals surface area contributed by atoms with Crippen molar-refractivity contribution in [3.05, 3.63) is 95.3 Å². The molecule has 0 aliphatic carbocycles. The van der Waals surface area contributed by atoms with Crippen molar-refractivity contribution >= 4 is 22.9 Å². The third-order valence-electron chi connectivity index (χ3n) is 6.91. The number of anilines is 1. The number of para-hydroxylation sites is 2. The average molecular weight is 471 g/mol. The Morgan fingerprint density at radius 2 is 1.71 bits per heavy atom. The van der Waals surface area contributed by atoms with Crippen molar-refractivity contribution in [2.75, 3.05) is 18.0 Å². The van der Waals surface area contributed by atoms with Gasteiger partial charge in [-0.1, -0.05) is 55.5 Å². The second kappa shape index (κ2) is 10.3. The van der Waals surface area contributed by atoms with Crippen LogP contribution in [0.2, 0.25) is 0 Å². The lowest BCUT2D eigenvalue weighted by molar-refractivity contribution is -0.125. The molecule has 2 heterocycles. The number of halogens is 1. The molecule has 3 aromatic carbocycles. The van der Waals surface area contributed by atoms with E-state index in [0.29, 0.717) is 13.1 Å². The van der Waals surface area contributed by atoms with Crippen LogP contribution in [-0.2, 0) is 24.3 Å². The molecule has 1 aromatic heterocycles. The molecule has 180 valence electrons. The molecular weight excluding hydrogens is 439 g/mol. The minimum absolute atomic E-state index is 0.00205. The fourth-order valence-electron chi connectivity index (χ4n) is 4.85. The third kappa shape index (κ3) is 5.21. The summed E-state index contributed by atoms with van der Waals surface area (Å²) >= 11 is 0. The summed E-state index contributed by atoms with van der Waals surface area (Å²) in [4.78, 5) is 20.0. The van der Waals surface area contributed by atoms with E-state index in [1.807, 2.05) is 24.3 Å². The Morgan fingerprint density at radius 1 is 0.971 bits per heavy atom. The number of nitrogens with one attached hydrogen (secondary N) is 1. The monoisotopic (exact) mass is 470 g/mol. The van der Waals surface area contributed by atoms with E-state index in [1.165, 1.54) is 11.6 Å². The molecule has 1 amide bonds. The predicted octanol–water partition coefficient (Wildman–Crippen LogP) is 5.32. The second-order valence-corrected chi connectivity index (χ2v) is 9.27. The molecule has 1 saturated heterocycles. The van der Waals surface area contributed by atoms with Gasteiger partial charge in [0, 0.05) is 25.6 Å². The van der Waals surface area contributed by atoms with Gasteiger partial charge in [-0.2, -0.15) is 0 Å². The molecule has 5 rings (SSSR count). The predicted molar refractivity (Wildman–Crippen MR) is 138 cm³/mol. The maximum atomic E-state index is 13.8. The Hall–Kier alpha value is -3.67. The van der Waals surface area contributed by atoms with E-state index < -0.39 is 0 Å². The number of piperidine rings is 1. The Bertz CT molecular complexity index is 1310. The van der Waals surface area contributed by atoms with Gasteiger partial charge >= 0.3 is 0 Å².